The van der Waals surface area contributed by atoms with Crippen molar-refractivity contribution in [1.29, 1.82) is 0 Å². The van der Waals surface area contributed by atoms with Gasteiger partial charge in [0.2, 0.25) is 0 Å². The van der Waals surface area contributed by atoms with Gasteiger partial charge in [-0.15, -0.1) is 6.58 Å². The first-order valence-electron chi connectivity index (χ1n) is 4.38. The fourth-order valence-electron chi connectivity index (χ4n) is 2.02. The molecule has 1 rings (SSSR count). The Morgan fingerprint density at radius 1 is 1.85 bits per heavy atom. The standard InChI is InChI=1S/C10H14O3/c1-3-7-4-5-8(11)10(7,2)6-9(12)13/h3,7H,1,4-6H2,2H3,(H,12,13)/t7-,10+/m1/s1. The summed E-state index contributed by atoms with van der Waals surface area (Å²) >= 11 is 0. The number of hydrogen-bond donors (Lipinski definition) is 1. The average molecular weight is 182 g/mol. The van der Waals surface area contributed by atoms with Crippen molar-refractivity contribution in [2.24, 2.45) is 11.3 Å². The Morgan fingerprint density at radius 2 is 2.46 bits per heavy atom. The Balaban J connectivity index is 2.88. The summed E-state index contributed by atoms with van der Waals surface area (Å²) in [6.07, 6.45) is 2.85. The zero-order valence-electron chi connectivity index (χ0n) is 7.75. The molecule has 0 aromatic carbocycles. The summed E-state index contributed by atoms with van der Waals surface area (Å²) in [4.78, 5) is 22.1. The van der Waals surface area contributed by atoms with Crippen LogP contribution in [0.4, 0.5) is 0 Å². The summed E-state index contributed by atoms with van der Waals surface area (Å²) < 4.78 is 0. The van der Waals surface area contributed by atoms with Crippen molar-refractivity contribution in [3.63, 3.8) is 0 Å². The van der Waals surface area contributed by atoms with Gasteiger partial charge in [-0.05, 0) is 12.3 Å². The Kier molecular flexibility index (Phi) is 2.55. The summed E-state index contributed by atoms with van der Waals surface area (Å²) in [5, 5.41) is 8.68. The van der Waals surface area contributed by atoms with Gasteiger partial charge in [0.25, 0.3) is 0 Å². The van der Waals surface area contributed by atoms with E-state index in [2.05, 4.69) is 6.58 Å². The van der Waals surface area contributed by atoms with E-state index in [-0.39, 0.29) is 18.1 Å². The molecule has 0 amide bonds. The first-order valence-corrected chi connectivity index (χ1v) is 4.38. The van der Waals surface area contributed by atoms with Gasteiger partial charge in [0.1, 0.15) is 5.78 Å². The molecule has 3 heteroatoms. The van der Waals surface area contributed by atoms with Gasteiger partial charge in [-0.2, -0.15) is 0 Å². The molecule has 1 saturated carbocycles. The summed E-state index contributed by atoms with van der Waals surface area (Å²) in [5.41, 5.74) is -0.715. The largest absolute Gasteiger partial charge is 0.481 e. The topological polar surface area (TPSA) is 54.4 Å². The summed E-state index contributed by atoms with van der Waals surface area (Å²) in [6, 6.07) is 0. The van der Waals surface area contributed by atoms with Gasteiger partial charge in [0.05, 0.1) is 6.42 Å². The molecule has 3 nitrogen and oxygen atoms in total. The van der Waals surface area contributed by atoms with Crippen LogP contribution in [0.2, 0.25) is 0 Å². The fraction of sp³-hybridized carbons (Fsp3) is 0.600. The SMILES string of the molecule is C=C[C@@H]1CCC(=O)[C@@]1(C)CC(=O)O. The van der Waals surface area contributed by atoms with E-state index >= 15 is 0 Å². The van der Waals surface area contributed by atoms with Gasteiger partial charge in [0.15, 0.2) is 0 Å². The second-order valence-corrected chi connectivity index (χ2v) is 3.79. The lowest BCUT2D eigenvalue weighted by atomic mass is 9.76. The van der Waals surface area contributed by atoms with Crippen molar-refractivity contribution in [2.45, 2.75) is 26.2 Å². The van der Waals surface area contributed by atoms with Crippen LogP contribution in [0.3, 0.4) is 0 Å². The third-order valence-corrected chi connectivity index (χ3v) is 2.94. The van der Waals surface area contributed by atoms with E-state index in [1.807, 2.05) is 0 Å². The van der Waals surface area contributed by atoms with Gasteiger partial charge >= 0.3 is 5.97 Å². The van der Waals surface area contributed by atoms with Gasteiger partial charge in [-0.3, -0.25) is 9.59 Å². The highest BCUT2D eigenvalue weighted by Crippen LogP contribution is 2.43. The van der Waals surface area contributed by atoms with Crippen LogP contribution in [0.1, 0.15) is 26.2 Å². The summed E-state index contributed by atoms with van der Waals surface area (Å²) in [7, 11) is 0. The first kappa shape index (κ1) is 9.96. The molecule has 13 heavy (non-hydrogen) atoms. The molecule has 0 radical (unpaired) electrons. The molecular weight excluding hydrogens is 168 g/mol. The smallest absolute Gasteiger partial charge is 0.304 e. The molecule has 0 aromatic heterocycles. The predicted octanol–water partition coefficient (Wildman–Crippen LogP) is 1.63. The number of Topliss-reactive ketones (excluding diaryl/α,β-unsaturated/α-hetero) is 1. The van der Waals surface area contributed by atoms with Crippen LogP contribution in [0, 0.1) is 11.3 Å². The number of hydrogen-bond acceptors (Lipinski definition) is 2. The van der Waals surface area contributed by atoms with Crippen LogP contribution >= 0.6 is 0 Å². The van der Waals surface area contributed by atoms with Crippen molar-refractivity contribution in [3.8, 4) is 0 Å². The Hall–Kier alpha value is -1.12. The van der Waals surface area contributed by atoms with Gasteiger partial charge in [-0.25, -0.2) is 0 Å². The van der Waals surface area contributed by atoms with Crippen LogP contribution in [0.15, 0.2) is 12.7 Å². The minimum absolute atomic E-state index is 0.0242. The zero-order chi connectivity index (χ0) is 10.1. The number of carbonyl (C=O) groups excluding carboxylic acids is 1. The van der Waals surface area contributed by atoms with Gasteiger partial charge in [0, 0.05) is 11.8 Å². The highest BCUT2D eigenvalue weighted by Gasteiger charge is 2.45. The van der Waals surface area contributed by atoms with Gasteiger partial charge < -0.3 is 5.11 Å². The Bertz CT molecular complexity index is 257. The fourth-order valence-corrected chi connectivity index (χ4v) is 2.02. The second kappa shape index (κ2) is 3.32. The molecular formula is C10H14O3. The van der Waals surface area contributed by atoms with E-state index in [9.17, 15) is 9.59 Å². The molecule has 1 aliphatic carbocycles. The van der Waals surface area contributed by atoms with E-state index in [4.69, 9.17) is 5.11 Å². The van der Waals surface area contributed by atoms with Gasteiger partial charge in [-0.1, -0.05) is 13.0 Å². The number of carboxylic acid groups (broad SMARTS) is 1. The van der Waals surface area contributed by atoms with Crippen molar-refractivity contribution < 1.29 is 14.7 Å². The van der Waals surface area contributed by atoms with E-state index in [0.29, 0.717) is 6.42 Å². The molecule has 1 aliphatic rings. The number of carbonyl (C=O) groups is 2. The number of aliphatic carboxylic acids is 1. The van der Waals surface area contributed by atoms with E-state index in [1.165, 1.54) is 0 Å². The lowest BCUT2D eigenvalue weighted by molar-refractivity contribution is -0.143. The van der Waals surface area contributed by atoms with E-state index in [0.717, 1.165) is 6.42 Å². The van der Waals surface area contributed by atoms with Crippen molar-refractivity contribution in [3.05, 3.63) is 12.7 Å². The molecule has 72 valence electrons. The minimum atomic E-state index is -0.912. The van der Waals surface area contributed by atoms with Crippen LogP contribution in [0.5, 0.6) is 0 Å². The molecule has 0 bridgehead atoms. The summed E-state index contributed by atoms with van der Waals surface area (Å²) in [5.74, 6) is -0.833. The predicted molar refractivity (Wildman–Crippen MR) is 48.3 cm³/mol. The van der Waals surface area contributed by atoms with Crippen molar-refractivity contribution in [1.82, 2.24) is 0 Å². The number of rotatable bonds is 3. The van der Waals surface area contributed by atoms with Crippen molar-refractivity contribution >= 4 is 11.8 Å². The van der Waals surface area contributed by atoms with Crippen LogP contribution in [-0.2, 0) is 9.59 Å². The molecule has 0 saturated heterocycles. The minimum Gasteiger partial charge on any atom is -0.481 e. The Morgan fingerprint density at radius 3 is 2.92 bits per heavy atom. The average Bonchev–Trinajstić information content (AvgIpc) is 2.27. The highest BCUT2D eigenvalue weighted by atomic mass is 16.4. The second-order valence-electron chi connectivity index (χ2n) is 3.79. The summed E-state index contributed by atoms with van der Waals surface area (Å²) in [6.45, 7) is 5.36. The lowest BCUT2D eigenvalue weighted by Gasteiger charge is -2.25. The highest BCUT2D eigenvalue weighted by molar-refractivity contribution is 5.90. The van der Waals surface area contributed by atoms with E-state index < -0.39 is 11.4 Å². The number of allylic oxidation sites excluding steroid dienone is 1. The third kappa shape index (κ3) is 1.64. The van der Waals surface area contributed by atoms with Crippen LogP contribution in [0.25, 0.3) is 0 Å². The van der Waals surface area contributed by atoms with Crippen molar-refractivity contribution in [2.75, 3.05) is 0 Å². The molecule has 1 N–H and O–H groups in total. The first-order chi connectivity index (χ1) is 6.00. The normalized spacial score (nSPS) is 33.3. The molecule has 0 heterocycles. The number of ketones is 1. The maximum Gasteiger partial charge on any atom is 0.304 e. The molecule has 0 unspecified atom stereocenters. The maximum absolute atomic E-state index is 11.5. The van der Waals surface area contributed by atoms with E-state index in [1.54, 1.807) is 13.0 Å². The Labute approximate surface area is 77.4 Å². The molecule has 2 atom stereocenters. The van der Waals surface area contributed by atoms with Crippen LogP contribution < -0.4 is 0 Å². The monoisotopic (exact) mass is 182 g/mol. The molecule has 0 aromatic rings. The van der Waals surface area contributed by atoms with Crippen LogP contribution in [-0.4, -0.2) is 16.9 Å². The number of carboxylic acids is 1. The lowest BCUT2D eigenvalue weighted by Crippen LogP contribution is -2.30. The zero-order valence-corrected chi connectivity index (χ0v) is 7.75. The maximum atomic E-state index is 11.5. The third-order valence-electron chi connectivity index (χ3n) is 2.94. The quantitative estimate of drug-likeness (QED) is 0.675. The molecule has 0 aliphatic heterocycles. The molecule has 1 fully saturated rings. The molecule has 0 spiro atoms.